The second-order valence-electron chi connectivity index (χ2n) is 3.00. The molecule has 0 fully saturated rings. The second kappa shape index (κ2) is 5.81. The third-order valence-electron chi connectivity index (χ3n) is 1.87. The Morgan fingerprint density at radius 1 is 1.50 bits per heavy atom. The predicted molar refractivity (Wildman–Crippen MR) is 59.9 cm³/mol. The van der Waals surface area contributed by atoms with Crippen molar-refractivity contribution in [3.05, 3.63) is 28.2 Å². The Morgan fingerprint density at radius 3 is 2.86 bits per heavy atom. The normalized spacial score (nSPS) is 9.86. The van der Waals surface area contributed by atoms with E-state index in [0.29, 0.717) is 5.56 Å². The number of benzene rings is 1. The standard InChI is InChI=1S/C11H13BrO2/c1-2-3-6-14-10-5-4-9(8-13)11(12)7-10/h4-5,7-8H,2-3,6H2,1H3. The molecule has 0 bridgehead atoms. The average molecular weight is 257 g/mol. The summed E-state index contributed by atoms with van der Waals surface area (Å²) < 4.78 is 6.26. The molecule has 14 heavy (non-hydrogen) atoms. The molecule has 1 aromatic rings. The Bertz CT molecular complexity index is 310. The molecule has 0 radical (unpaired) electrons. The number of hydrogen-bond donors (Lipinski definition) is 0. The van der Waals surface area contributed by atoms with E-state index in [4.69, 9.17) is 4.74 Å². The minimum atomic E-state index is 0.646. The van der Waals surface area contributed by atoms with Crippen molar-refractivity contribution >= 4 is 22.2 Å². The van der Waals surface area contributed by atoms with Crippen LogP contribution >= 0.6 is 15.9 Å². The number of hydrogen-bond acceptors (Lipinski definition) is 2. The Morgan fingerprint density at radius 2 is 2.29 bits per heavy atom. The molecule has 1 aromatic carbocycles. The number of ether oxygens (including phenoxy) is 1. The number of rotatable bonds is 5. The van der Waals surface area contributed by atoms with Crippen molar-refractivity contribution in [1.82, 2.24) is 0 Å². The molecular weight excluding hydrogens is 244 g/mol. The predicted octanol–water partition coefficient (Wildman–Crippen LogP) is 3.44. The van der Waals surface area contributed by atoms with E-state index in [9.17, 15) is 4.79 Å². The molecule has 0 aliphatic rings. The van der Waals surface area contributed by atoms with Gasteiger partial charge in [0.15, 0.2) is 6.29 Å². The van der Waals surface area contributed by atoms with Crippen LogP contribution in [0.25, 0.3) is 0 Å². The molecule has 0 amide bonds. The molecular formula is C11H13BrO2. The molecule has 2 nitrogen and oxygen atoms in total. The van der Waals surface area contributed by atoms with Crippen molar-refractivity contribution in [3.8, 4) is 5.75 Å². The number of carbonyl (C=O) groups is 1. The van der Waals surface area contributed by atoms with Gasteiger partial charge in [0.2, 0.25) is 0 Å². The maximum Gasteiger partial charge on any atom is 0.151 e. The van der Waals surface area contributed by atoms with Crippen LogP contribution in [0.2, 0.25) is 0 Å². The van der Waals surface area contributed by atoms with E-state index in [1.807, 2.05) is 12.1 Å². The molecule has 76 valence electrons. The van der Waals surface area contributed by atoms with Gasteiger partial charge in [-0.1, -0.05) is 13.3 Å². The second-order valence-corrected chi connectivity index (χ2v) is 3.86. The maximum absolute atomic E-state index is 10.5. The van der Waals surface area contributed by atoms with E-state index in [1.54, 1.807) is 6.07 Å². The lowest BCUT2D eigenvalue weighted by atomic mass is 10.2. The third kappa shape index (κ3) is 3.14. The SMILES string of the molecule is CCCCOc1ccc(C=O)c(Br)c1. The highest BCUT2D eigenvalue weighted by Crippen LogP contribution is 2.21. The number of unbranched alkanes of at least 4 members (excludes halogenated alkanes) is 1. The van der Waals surface area contributed by atoms with Crippen molar-refractivity contribution < 1.29 is 9.53 Å². The summed E-state index contributed by atoms with van der Waals surface area (Å²) in [5.74, 6) is 0.802. The van der Waals surface area contributed by atoms with Gasteiger partial charge in [-0.25, -0.2) is 0 Å². The molecule has 1 rings (SSSR count). The molecule has 0 aliphatic carbocycles. The zero-order valence-corrected chi connectivity index (χ0v) is 9.71. The lowest BCUT2D eigenvalue weighted by Gasteiger charge is -2.06. The summed E-state index contributed by atoms with van der Waals surface area (Å²) in [6, 6.07) is 5.38. The van der Waals surface area contributed by atoms with Crippen molar-refractivity contribution in [2.24, 2.45) is 0 Å². The van der Waals surface area contributed by atoms with Gasteiger partial charge in [-0.3, -0.25) is 4.79 Å². The van der Waals surface area contributed by atoms with E-state index in [1.165, 1.54) is 0 Å². The summed E-state index contributed by atoms with van der Waals surface area (Å²) in [4.78, 5) is 10.5. The van der Waals surface area contributed by atoms with Gasteiger partial charge in [-0.05, 0) is 40.5 Å². The summed E-state index contributed by atoms with van der Waals surface area (Å²) in [5.41, 5.74) is 0.646. The van der Waals surface area contributed by atoms with Crippen LogP contribution in [0.3, 0.4) is 0 Å². The summed E-state index contributed by atoms with van der Waals surface area (Å²) in [6.45, 7) is 2.85. The summed E-state index contributed by atoms with van der Waals surface area (Å²) in [7, 11) is 0. The monoisotopic (exact) mass is 256 g/mol. The first-order valence-corrected chi connectivity index (χ1v) is 5.44. The van der Waals surface area contributed by atoms with Crippen molar-refractivity contribution in [2.45, 2.75) is 19.8 Å². The van der Waals surface area contributed by atoms with Crippen LogP contribution in [0.4, 0.5) is 0 Å². The third-order valence-corrected chi connectivity index (χ3v) is 2.55. The van der Waals surface area contributed by atoms with E-state index >= 15 is 0 Å². The van der Waals surface area contributed by atoms with Gasteiger partial charge >= 0.3 is 0 Å². The number of carbonyl (C=O) groups excluding carboxylic acids is 1. The first-order valence-electron chi connectivity index (χ1n) is 4.65. The fourth-order valence-electron chi connectivity index (χ4n) is 1.03. The van der Waals surface area contributed by atoms with Gasteiger partial charge in [-0.15, -0.1) is 0 Å². The highest BCUT2D eigenvalue weighted by molar-refractivity contribution is 9.10. The molecule has 0 N–H and O–H groups in total. The Kier molecular flexibility index (Phi) is 4.66. The zero-order valence-electron chi connectivity index (χ0n) is 8.13. The maximum atomic E-state index is 10.5. The van der Waals surface area contributed by atoms with Gasteiger partial charge < -0.3 is 4.74 Å². The molecule has 3 heteroatoms. The van der Waals surface area contributed by atoms with Gasteiger partial charge in [-0.2, -0.15) is 0 Å². The van der Waals surface area contributed by atoms with E-state index in [-0.39, 0.29) is 0 Å². The molecule has 0 spiro atoms. The van der Waals surface area contributed by atoms with Gasteiger partial charge in [0.25, 0.3) is 0 Å². The van der Waals surface area contributed by atoms with E-state index in [2.05, 4.69) is 22.9 Å². The van der Waals surface area contributed by atoms with Crippen LogP contribution in [-0.2, 0) is 0 Å². The van der Waals surface area contributed by atoms with E-state index < -0.39 is 0 Å². The molecule has 0 saturated heterocycles. The Labute approximate surface area is 92.4 Å². The van der Waals surface area contributed by atoms with Crippen LogP contribution in [0.15, 0.2) is 22.7 Å². The minimum absolute atomic E-state index is 0.646. The molecule has 0 saturated carbocycles. The topological polar surface area (TPSA) is 26.3 Å². The van der Waals surface area contributed by atoms with Crippen molar-refractivity contribution in [2.75, 3.05) is 6.61 Å². The Balaban J connectivity index is 2.62. The van der Waals surface area contributed by atoms with Gasteiger partial charge in [0, 0.05) is 10.0 Å². The summed E-state index contributed by atoms with van der Waals surface area (Å²) in [5, 5.41) is 0. The fourth-order valence-corrected chi connectivity index (χ4v) is 1.48. The lowest BCUT2D eigenvalue weighted by molar-refractivity contribution is 0.112. The molecule has 0 aliphatic heterocycles. The van der Waals surface area contributed by atoms with Crippen LogP contribution in [-0.4, -0.2) is 12.9 Å². The first-order chi connectivity index (χ1) is 6.77. The summed E-state index contributed by atoms with van der Waals surface area (Å²) >= 11 is 3.31. The zero-order chi connectivity index (χ0) is 10.4. The number of halogens is 1. The molecule has 0 aromatic heterocycles. The van der Waals surface area contributed by atoms with Crippen LogP contribution in [0, 0.1) is 0 Å². The smallest absolute Gasteiger partial charge is 0.151 e. The molecule has 0 heterocycles. The highest BCUT2D eigenvalue weighted by atomic mass is 79.9. The summed E-state index contributed by atoms with van der Waals surface area (Å²) in [6.07, 6.45) is 2.99. The lowest BCUT2D eigenvalue weighted by Crippen LogP contribution is -1.96. The largest absolute Gasteiger partial charge is 0.494 e. The van der Waals surface area contributed by atoms with Crippen LogP contribution in [0.1, 0.15) is 30.1 Å². The fraction of sp³-hybridized carbons (Fsp3) is 0.364. The van der Waals surface area contributed by atoms with Gasteiger partial charge in [0.1, 0.15) is 5.75 Å². The molecule has 0 unspecified atom stereocenters. The first kappa shape index (κ1) is 11.2. The van der Waals surface area contributed by atoms with Gasteiger partial charge in [0.05, 0.1) is 6.61 Å². The van der Waals surface area contributed by atoms with Crippen molar-refractivity contribution in [1.29, 1.82) is 0 Å². The van der Waals surface area contributed by atoms with Crippen LogP contribution in [0.5, 0.6) is 5.75 Å². The average Bonchev–Trinajstić information content (AvgIpc) is 2.18. The van der Waals surface area contributed by atoms with Crippen molar-refractivity contribution in [3.63, 3.8) is 0 Å². The Hall–Kier alpha value is -0.830. The highest BCUT2D eigenvalue weighted by Gasteiger charge is 2.00. The van der Waals surface area contributed by atoms with E-state index in [0.717, 1.165) is 36.0 Å². The molecule has 0 atom stereocenters. The van der Waals surface area contributed by atoms with Crippen LogP contribution < -0.4 is 4.74 Å². The number of aldehydes is 1. The quantitative estimate of drug-likeness (QED) is 0.596. The minimum Gasteiger partial charge on any atom is -0.494 e.